The zero-order valence-corrected chi connectivity index (χ0v) is 11.3. The van der Waals surface area contributed by atoms with E-state index < -0.39 is 11.8 Å². The highest BCUT2D eigenvalue weighted by Crippen LogP contribution is 2.30. The van der Waals surface area contributed by atoms with Crippen LogP contribution >= 0.6 is 23.2 Å². The SMILES string of the molecule is Nc1cc(C(=O)O)cnc1Nc1cc(Cl)c(F)c(Cl)c1. The summed E-state index contributed by atoms with van der Waals surface area (Å²) in [6, 6.07) is 3.88. The van der Waals surface area contributed by atoms with Gasteiger partial charge in [-0.1, -0.05) is 23.2 Å². The van der Waals surface area contributed by atoms with Crippen LogP contribution in [0.2, 0.25) is 10.0 Å². The van der Waals surface area contributed by atoms with Gasteiger partial charge in [0, 0.05) is 11.9 Å². The number of nitrogens with zero attached hydrogens (tertiary/aromatic N) is 1. The minimum absolute atomic E-state index is 0.0387. The summed E-state index contributed by atoms with van der Waals surface area (Å²) in [4.78, 5) is 14.6. The Kier molecular flexibility index (Phi) is 3.96. The molecular weight excluding hydrogens is 308 g/mol. The fourth-order valence-electron chi connectivity index (χ4n) is 1.47. The molecule has 0 aliphatic rings. The maximum absolute atomic E-state index is 13.3. The van der Waals surface area contributed by atoms with Gasteiger partial charge in [0.05, 0.1) is 21.3 Å². The molecule has 0 aliphatic carbocycles. The van der Waals surface area contributed by atoms with Gasteiger partial charge in [-0.3, -0.25) is 0 Å². The maximum atomic E-state index is 13.3. The van der Waals surface area contributed by atoms with Crippen LogP contribution in [0.4, 0.5) is 21.6 Å². The zero-order chi connectivity index (χ0) is 14.9. The highest BCUT2D eigenvalue weighted by Gasteiger charge is 2.11. The van der Waals surface area contributed by atoms with E-state index >= 15 is 0 Å². The third-order valence-corrected chi connectivity index (χ3v) is 2.96. The molecule has 2 rings (SSSR count). The van der Waals surface area contributed by atoms with Crippen LogP contribution in [0.5, 0.6) is 0 Å². The largest absolute Gasteiger partial charge is 0.478 e. The Morgan fingerprint density at radius 2 is 1.90 bits per heavy atom. The van der Waals surface area contributed by atoms with Gasteiger partial charge in [-0.05, 0) is 18.2 Å². The number of carboxylic acids is 1. The summed E-state index contributed by atoms with van der Waals surface area (Å²) in [6.07, 6.45) is 1.15. The molecule has 0 saturated heterocycles. The number of benzene rings is 1. The molecule has 5 nitrogen and oxygen atoms in total. The molecule has 0 radical (unpaired) electrons. The van der Waals surface area contributed by atoms with Crippen LogP contribution in [0.3, 0.4) is 0 Å². The van der Waals surface area contributed by atoms with Crippen molar-refractivity contribution >= 4 is 46.4 Å². The summed E-state index contributed by atoms with van der Waals surface area (Å²) in [5, 5.41) is 11.3. The van der Waals surface area contributed by atoms with Crippen molar-refractivity contribution < 1.29 is 14.3 Å². The van der Waals surface area contributed by atoms with E-state index in [4.69, 9.17) is 34.0 Å². The summed E-state index contributed by atoms with van der Waals surface area (Å²) in [7, 11) is 0. The molecule has 1 aromatic heterocycles. The Hall–Kier alpha value is -2.05. The summed E-state index contributed by atoms with van der Waals surface area (Å²) < 4.78 is 13.3. The molecule has 4 N–H and O–H groups in total. The van der Waals surface area contributed by atoms with Gasteiger partial charge < -0.3 is 16.2 Å². The van der Waals surface area contributed by atoms with Crippen LogP contribution in [0.25, 0.3) is 0 Å². The minimum Gasteiger partial charge on any atom is -0.478 e. The van der Waals surface area contributed by atoms with Crippen molar-refractivity contribution in [2.75, 3.05) is 11.1 Å². The quantitative estimate of drug-likeness (QED) is 0.754. The first-order chi connectivity index (χ1) is 9.38. The lowest BCUT2D eigenvalue weighted by Gasteiger charge is -2.10. The monoisotopic (exact) mass is 315 g/mol. The van der Waals surface area contributed by atoms with Crippen LogP contribution in [0, 0.1) is 5.82 Å². The molecule has 0 amide bonds. The highest BCUT2D eigenvalue weighted by atomic mass is 35.5. The molecular formula is C12H8Cl2FN3O2. The predicted octanol–water partition coefficient (Wildman–Crippen LogP) is 3.55. The molecule has 0 aliphatic heterocycles. The van der Waals surface area contributed by atoms with E-state index in [-0.39, 0.29) is 27.1 Å². The van der Waals surface area contributed by atoms with Crippen molar-refractivity contribution in [1.29, 1.82) is 0 Å². The highest BCUT2D eigenvalue weighted by molar-refractivity contribution is 6.35. The third-order valence-electron chi connectivity index (χ3n) is 2.41. The number of anilines is 3. The van der Waals surface area contributed by atoms with E-state index in [2.05, 4.69) is 10.3 Å². The van der Waals surface area contributed by atoms with Crippen molar-refractivity contribution in [3.63, 3.8) is 0 Å². The Morgan fingerprint density at radius 3 is 2.40 bits per heavy atom. The summed E-state index contributed by atoms with van der Waals surface area (Å²) in [6.45, 7) is 0. The van der Waals surface area contributed by atoms with Crippen LogP contribution in [-0.4, -0.2) is 16.1 Å². The number of hydrogen-bond donors (Lipinski definition) is 3. The second-order valence-corrected chi connectivity index (χ2v) is 4.66. The normalized spacial score (nSPS) is 10.3. The van der Waals surface area contributed by atoms with Gasteiger partial charge in [0.1, 0.15) is 0 Å². The molecule has 20 heavy (non-hydrogen) atoms. The van der Waals surface area contributed by atoms with Crippen LogP contribution in [-0.2, 0) is 0 Å². The number of aromatic carboxylic acids is 1. The van der Waals surface area contributed by atoms with Crippen molar-refractivity contribution in [2.45, 2.75) is 0 Å². The molecule has 104 valence electrons. The predicted molar refractivity (Wildman–Crippen MR) is 75.3 cm³/mol. The zero-order valence-electron chi connectivity index (χ0n) is 9.82. The first-order valence-electron chi connectivity index (χ1n) is 5.29. The maximum Gasteiger partial charge on any atom is 0.337 e. The molecule has 0 fully saturated rings. The number of aromatic nitrogens is 1. The van der Waals surface area contributed by atoms with E-state index in [0.717, 1.165) is 6.20 Å². The molecule has 8 heteroatoms. The van der Waals surface area contributed by atoms with E-state index in [1.807, 2.05) is 0 Å². The number of pyridine rings is 1. The number of halogens is 3. The van der Waals surface area contributed by atoms with Crippen LogP contribution in [0.15, 0.2) is 24.4 Å². The smallest absolute Gasteiger partial charge is 0.337 e. The van der Waals surface area contributed by atoms with Gasteiger partial charge in [0.15, 0.2) is 11.6 Å². The van der Waals surface area contributed by atoms with Gasteiger partial charge in [-0.15, -0.1) is 0 Å². The lowest BCUT2D eigenvalue weighted by molar-refractivity contribution is 0.0696. The third kappa shape index (κ3) is 2.92. The summed E-state index contributed by atoms with van der Waals surface area (Å²) in [5.41, 5.74) is 6.15. The number of carbonyl (C=O) groups is 1. The average Bonchev–Trinajstić information content (AvgIpc) is 2.38. The number of rotatable bonds is 3. The molecule has 0 saturated carbocycles. The minimum atomic E-state index is -1.14. The topological polar surface area (TPSA) is 88.2 Å². The van der Waals surface area contributed by atoms with Crippen molar-refractivity contribution in [3.05, 3.63) is 45.8 Å². The Labute approximate surface area is 123 Å². The molecule has 0 unspecified atom stereocenters. The second-order valence-electron chi connectivity index (χ2n) is 3.85. The van der Waals surface area contributed by atoms with Crippen LogP contribution in [0.1, 0.15) is 10.4 Å². The number of carboxylic acid groups (broad SMARTS) is 1. The first-order valence-corrected chi connectivity index (χ1v) is 6.04. The van der Waals surface area contributed by atoms with Crippen LogP contribution < -0.4 is 11.1 Å². The lowest BCUT2D eigenvalue weighted by Crippen LogP contribution is -2.04. The standard InChI is InChI=1S/C12H8Cl2FN3O2/c13-7-2-6(3-8(14)10(7)15)18-11-9(16)1-5(4-17-11)12(19)20/h1-4H,16H2,(H,17,18)(H,19,20). The molecule has 1 heterocycles. The molecule has 0 bridgehead atoms. The van der Waals surface area contributed by atoms with Crippen molar-refractivity contribution in [1.82, 2.24) is 4.98 Å². The van der Waals surface area contributed by atoms with Gasteiger partial charge in [-0.25, -0.2) is 14.2 Å². The van der Waals surface area contributed by atoms with E-state index in [1.165, 1.54) is 18.2 Å². The average molecular weight is 316 g/mol. The number of hydrogen-bond acceptors (Lipinski definition) is 4. The van der Waals surface area contributed by atoms with E-state index in [1.54, 1.807) is 0 Å². The Balaban J connectivity index is 2.33. The number of nitrogen functional groups attached to an aromatic ring is 1. The van der Waals surface area contributed by atoms with Crippen molar-refractivity contribution in [2.24, 2.45) is 0 Å². The molecule has 0 spiro atoms. The fraction of sp³-hybridized carbons (Fsp3) is 0. The fourth-order valence-corrected chi connectivity index (χ4v) is 1.95. The summed E-state index contributed by atoms with van der Waals surface area (Å²) >= 11 is 11.3. The number of nitrogens with one attached hydrogen (secondary N) is 1. The van der Waals surface area contributed by atoms with Crippen molar-refractivity contribution in [3.8, 4) is 0 Å². The van der Waals surface area contributed by atoms with E-state index in [9.17, 15) is 9.18 Å². The van der Waals surface area contributed by atoms with Gasteiger partial charge in [-0.2, -0.15) is 0 Å². The lowest BCUT2D eigenvalue weighted by atomic mass is 10.2. The first kappa shape index (κ1) is 14.4. The second kappa shape index (κ2) is 5.52. The van der Waals surface area contributed by atoms with Gasteiger partial charge in [0.25, 0.3) is 0 Å². The molecule has 2 aromatic rings. The van der Waals surface area contributed by atoms with E-state index in [0.29, 0.717) is 5.69 Å². The number of nitrogens with two attached hydrogens (primary N) is 1. The van der Waals surface area contributed by atoms with Gasteiger partial charge in [0.2, 0.25) is 0 Å². The Morgan fingerprint density at radius 1 is 1.30 bits per heavy atom. The summed E-state index contributed by atoms with van der Waals surface area (Å²) in [5.74, 6) is -1.64. The van der Waals surface area contributed by atoms with Gasteiger partial charge >= 0.3 is 5.97 Å². The molecule has 0 atom stereocenters. The molecule has 1 aromatic carbocycles. The Bertz CT molecular complexity index is 671.